The number of benzene rings is 1. The quantitative estimate of drug-likeness (QED) is 0.873. The molecule has 1 amide bonds. The minimum atomic E-state index is -0.408. The molecule has 2 rings (SSSR count). The van der Waals surface area contributed by atoms with E-state index >= 15 is 0 Å². The molecule has 0 aliphatic carbocycles. The number of hydrogen-bond acceptors (Lipinski definition) is 4. The van der Waals surface area contributed by atoms with Gasteiger partial charge in [-0.05, 0) is 34.7 Å². The number of nitrogens with one attached hydrogen (secondary N) is 1. The molecule has 6 heteroatoms. The molecule has 0 saturated carbocycles. The smallest absolute Gasteiger partial charge is 0.229 e. The molecule has 2 aromatic rings. The van der Waals surface area contributed by atoms with Gasteiger partial charge in [-0.3, -0.25) is 4.79 Å². The number of amides is 1. The van der Waals surface area contributed by atoms with E-state index in [2.05, 4.69) is 20.8 Å². The second kappa shape index (κ2) is 4.56. The molecule has 6 nitrogen and oxygen atoms in total. The fraction of sp³-hybridized carbons (Fsp3) is 0.333. The van der Waals surface area contributed by atoms with Crippen LogP contribution in [0.25, 0.3) is 5.69 Å². The van der Waals surface area contributed by atoms with Crippen molar-refractivity contribution in [3.63, 3.8) is 0 Å². The minimum Gasteiger partial charge on any atom is -0.326 e. The Morgan fingerprint density at radius 1 is 1.22 bits per heavy atom. The van der Waals surface area contributed by atoms with E-state index in [0.717, 1.165) is 11.4 Å². The van der Waals surface area contributed by atoms with Crippen LogP contribution in [0.5, 0.6) is 0 Å². The third-order valence-corrected chi connectivity index (χ3v) is 2.42. The number of anilines is 1. The van der Waals surface area contributed by atoms with Crippen LogP contribution in [0.15, 0.2) is 30.6 Å². The van der Waals surface area contributed by atoms with Crippen LogP contribution in [0.4, 0.5) is 5.69 Å². The topological polar surface area (TPSA) is 72.7 Å². The molecule has 0 bridgehead atoms. The van der Waals surface area contributed by atoms with Gasteiger partial charge in [0.05, 0.1) is 5.69 Å². The first-order valence-electron chi connectivity index (χ1n) is 5.62. The van der Waals surface area contributed by atoms with Crippen molar-refractivity contribution in [1.82, 2.24) is 20.2 Å². The summed E-state index contributed by atoms with van der Waals surface area (Å²) in [6.07, 6.45) is 1.52. The van der Waals surface area contributed by atoms with Crippen LogP contribution in [0.2, 0.25) is 0 Å². The van der Waals surface area contributed by atoms with Gasteiger partial charge in [-0.15, -0.1) is 5.10 Å². The maximum Gasteiger partial charge on any atom is 0.229 e. The number of aromatic nitrogens is 4. The summed E-state index contributed by atoms with van der Waals surface area (Å²) >= 11 is 0. The van der Waals surface area contributed by atoms with Gasteiger partial charge in [0.1, 0.15) is 6.33 Å². The Labute approximate surface area is 105 Å². The van der Waals surface area contributed by atoms with Crippen molar-refractivity contribution in [2.24, 2.45) is 5.41 Å². The zero-order valence-corrected chi connectivity index (χ0v) is 10.6. The average Bonchev–Trinajstić information content (AvgIpc) is 2.82. The lowest BCUT2D eigenvalue weighted by Crippen LogP contribution is -2.27. The molecule has 0 fully saturated rings. The molecule has 94 valence electrons. The van der Waals surface area contributed by atoms with Crippen molar-refractivity contribution in [2.75, 3.05) is 5.32 Å². The fourth-order valence-corrected chi connectivity index (χ4v) is 1.30. The van der Waals surface area contributed by atoms with Crippen LogP contribution >= 0.6 is 0 Å². The minimum absolute atomic E-state index is 0.0160. The highest BCUT2D eigenvalue weighted by Gasteiger charge is 2.20. The normalized spacial score (nSPS) is 11.3. The van der Waals surface area contributed by atoms with E-state index in [4.69, 9.17) is 0 Å². The van der Waals surface area contributed by atoms with Gasteiger partial charge in [0, 0.05) is 11.1 Å². The Balaban J connectivity index is 2.12. The van der Waals surface area contributed by atoms with Crippen LogP contribution in [0, 0.1) is 5.41 Å². The summed E-state index contributed by atoms with van der Waals surface area (Å²) in [7, 11) is 0. The number of nitrogens with zero attached hydrogens (tertiary/aromatic N) is 4. The van der Waals surface area contributed by atoms with E-state index in [1.54, 1.807) is 4.68 Å². The summed E-state index contributed by atoms with van der Waals surface area (Å²) in [4.78, 5) is 11.8. The Hall–Kier alpha value is -2.24. The first-order chi connectivity index (χ1) is 8.47. The summed E-state index contributed by atoms with van der Waals surface area (Å²) in [6, 6.07) is 7.32. The first-order valence-corrected chi connectivity index (χ1v) is 5.62. The van der Waals surface area contributed by atoms with E-state index in [1.807, 2.05) is 45.0 Å². The highest BCUT2D eigenvalue weighted by Crippen LogP contribution is 2.18. The molecule has 18 heavy (non-hydrogen) atoms. The van der Waals surface area contributed by atoms with Crippen molar-refractivity contribution in [3.05, 3.63) is 30.6 Å². The van der Waals surface area contributed by atoms with E-state index in [9.17, 15) is 4.79 Å². The van der Waals surface area contributed by atoms with E-state index in [0.29, 0.717) is 0 Å². The van der Waals surface area contributed by atoms with Gasteiger partial charge in [0.25, 0.3) is 0 Å². The summed E-state index contributed by atoms with van der Waals surface area (Å²) in [5.74, 6) is -0.0160. The van der Waals surface area contributed by atoms with Crippen LogP contribution < -0.4 is 5.32 Å². The Kier molecular flexibility index (Phi) is 3.10. The number of tetrazole rings is 1. The fourth-order valence-electron chi connectivity index (χ4n) is 1.30. The highest BCUT2D eigenvalue weighted by atomic mass is 16.2. The molecule has 1 N–H and O–H groups in total. The van der Waals surface area contributed by atoms with Crippen LogP contribution in [-0.2, 0) is 4.79 Å². The van der Waals surface area contributed by atoms with Crippen molar-refractivity contribution in [3.8, 4) is 5.69 Å². The number of rotatable bonds is 2. The average molecular weight is 245 g/mol. The van der Waals surface area contributed by atoms with Crippen molar-refractivity contribution in [2.45, 2.75) is 20.8 Å². The van der Waals surface area contributed by atoms with Gasteiger partial charge in [-0.2, -0.15) is 0 Å². The summed E-state index contributed by atoms with van der Waals surface area (Å²) in [5.41, 5.74) is 1.19. The Morgan fingerprint density at radius 3 is 2.39 bits per heavy atom. The van der Waals surface area contributed by atoms with Crippen molar-refractivity contribution in [1.29, 1.82) is 0 Å². The molecule has 1 aromatic heterocycles. The van der Waals surface area contributed by atoms with E-state index in [-0.39, 0.29) is 5.91 Å². The van der Waals surface area contributed by atoms with Crippen LogP contribution in [0.1, 0.15) is 20.8 Å². The molecule has 0 spiro atoms. The van der Waals surface area contributed by atoms with Gasteiger partial charge in [-0.1, -0.05) is 20.8 Å². The highest BCUT2D eigenvalue weighted by molar-refractivity contribution is 5.94. The molecule has 0 radical (unpaired) electrons. The monoisotopic (exact) mass is 245 g/mol. The predicted molar refractivity (Wildman–Crippen MR) is 67.2 cm³/mol. The maximum absolute atomic E-state index is 11.8. The third-order valence-electron chi connectivity index (χ3n) is 2.42. The zero-order valence-electron chi connectivity index (χ0n) is 10.6. The largest absolute Gasteiger partial charge is 0.326 e. The summed E-state index contributed by atoms with van der Waals surface area (Å²) in [6.45, 7) is 5.62. The lowest BCUT2D eigenvalue weighted by molar-refractivity contribution is -0.123. The molecule has 0 saturated heterocycles. The summed E-state index contributed by atoms with van der Waals surface area (Å²) in [5, 5.41) is 13.8. The molecule has 1 aromatic carbocycles. The maximum atomic E-state index is 11.8. The molecule has 0 aliphatic heterocycles. The summed E-state index contributed by atoms with van der Waals surface area (Å²) < 4.78 is 1.55. The molecular weight excluding hydrogens is 230 g/mol. The molecule has 0 aliphatic rings. The van der Waals surface area contributed by atoms with Gasteiger partial charge in [-0.25, -0.2) is 4.68 Å². The van der Waals surface area contributed by atoms with Gasteiger partial charge in [0.2, 0.25) is 5.91 Å². The second-order valence-corrected chi connectivity index (χ2v) is 5.01. The van der Waals surface area contributed by atoms with Crippen LogP contribution in [0.3, 0.4) is 0 Å². The lowest BCUT2D eigenvalue weighted by Gasteiger charge is -2.17. The lowest BCUT2D eigenvalue weighted by atomic mass is 9.95. The van der Waals surface area contributed by atoms with Gasteiger partial charge >= 0.3 is 0 Å². The number of carbonyl (C=O) groups excluding carboxylic acids is 1. The van der Waals surface area contributed by atoms with Crippen molar-refractivity contribution < 1.29 is 4.79 Å². The molecular formula is C12H15N5O. The van der Waals surface area contributed by atoms with Gasteiger partial charge < -0.3 is 5.32 Å². The zero-order chi connectivity index (χ0) is 13.2. The predicted octanol–water partition coefficient (Wildman–Crippen LogP) is 1.65. The number of carbonyl (C=O) groups is 1. The first kappa shape index (κ1) is 12.2. The Bertz CT molecular complexity index is 525. The second-order valence-electron chi connectivity index (χ2n) is 5.01. The SMILES string of the molecule is CC(C)(C)C(=O)Nc1ccc(-n2cnnn2)cc1. The molecule has 0 unspecified atom stereocenters. The Morgan fingerprint density at radius 2 is 1.89 bits per heavy atom. The van der Waals surface area contributed by atoms with E-state index < -0.39 is 5.41 Å². The number of hydrogen-bond donors (Lipinski definition) is 1. The molecule has 0 atom stereocenters. The van der Waals surface area contributed by atoms with Crippen LogP contribution in [-0.4, -0.2) is 26.1 Å². The van der Waals surface area contributed by atoms with E-state index in [1.165, 1.54) is 6.33 Å². The molecule has 1 heterocycles. The standard InChI is InChI=1S/C12H15N5O/c1-12(2,3)11(18)14-9-4-6-10(7-5-9)17-8-13-15-16-17/h4-8H,1-3H3,(H,14,18). The van der Waals surface area contributed by atoms with Crippen molar-refractivity contribution >= 4 is 11.6 Å². The third kappa shape index (κ3) is 2.71. The van der Waals surface area contributed by atoms with Gasteiger partial charge in [0.15, 0.2) is 0 Å².